The number of aliphatic carboxylic acids is 1. The smallest absolute Gasteiger partial charge is 0.306 e. The van der Waals surface area contributed by atoms with Gasteiger partial charge in [0.05, 0.1) is 13.0 Å². The number of aromatic hydroxyl groups is 2. The van der Waals surface area contributed by atoms with Crippen LogP contribution in [0.4, 0.5) is 0 Å². The number of halogens is 1. The molecule has 2 aliphatic rings. The Kier molecular flexibility index (Phi) is 8.91. The third kappa shape index (κ3) is 6.42. The van der Waals surface area contributed by atoms with E-state index in [9.17, 15) is 20.1 Å². The van der Waals surface area contributed by atoms with Crippen LogP contribution in [-0.2, 0) is 30.7 Å². The highest BCUT2D eigenvalue weighted by Gasteiger charge is 2.32. The molecular weight excluding hydrogens is 528 g/mol. The van der Waals surface area contributed by atoms with Crippen LogP contribution in [0.1, 0.15) is 66.8 Å². The van der Waals surface area contributed by atoms with Crippen molar-refractivity contribution in [2.75, 3.05) is 13.7 Å². The van der Waals surface area contributed by atoms with Gasteiger partial charge < -0.3 is 20.1 Å². The minimum atomic E-state index is -0.661. The third-order valence-electron chi connectivity index (χ3n) is 8.78. The van der Waals surface area contributed by atoms with Crippen molar-refractivity contribution in [3.63, 3.8) is 0 Å². The van der Waals surface area contributed by atoms with Gasteiger partial charge in [0.2, 0.25) is 0 Å². The summed E-state index contributed by atoms with van der Waals surface area (Å²) in [5, 5.41) is 30.0. The summed E-state index contributed by atoms with van der Waals surface area (Å²) in [5.41, 5.74) is 4.95. The molecule has 3 N–H and O–H groups in total. The molecule has 8 heteroatoms. The zero-order valence-electron chi connectivity index (χ0n) is 23.1. The summed E-state index contributed by atoms with van der Waals surface area (Å²) >= 11 is 6.30. The van der Waals surface area contributed by atoms with Crippen LogP contribution in [0.5, 0.6) is 17.5 Å². The van der Waals surface area contributed by atoms with Crippen LogP contribution < -0.4 is 4.74 Å². The number of carboxylic acids is 1. The monoisotopic (exact) mass is 566 g/mol. The number of ether oxygens (including phenoxy) is 1. The fourth-order valence-corrected chi connectivity index (χ4v) is 6.79. The Morgan fingerprint density at radius 2 is 1.77 bits per heavy atom. The van der Waals surface area contributed by atoms with Gasteiger partial charge in [-0.3, -0.25) is 14.3 Å². The van der Waals surface area contributed by atoms with E-state index in [4.69, 9.17) is 16.3 Å². The normalized spacial score (nSPS) is 20.5. The molecule has 0 amide bonds. The maximum absolute atomic E-state index is 11.5. The van der Waals surface area contributed by atoms with Crippen molar-refractivity contribution in [1.82, 2.24) is 9.47 Å². The van der Waals surface area contributed by atoms with Crippen molar-refractivity contribution >= 4 is 17.6 Å². The number of nitrogens with zero attached hydrogens (tertiary/aromatic N) is 2. The molecule has 214 valence electrons. The molecule has 1 heterocycles. The number of methoxy groups -OCH3 is 1. The van der Waals surface area contributed by atoms with Crippen molar-refractivity contribution in [2.45, 2.75) is 70.5 Å². The van der Waals surface area contributed by atoms with Crippen molar-refractivity contribution in [1.29, 1.82) is 0 Å². The van der Waals surface area contributed by atoms with Gasteiger partial charge in [0, 0.05) is 42.8 Å². The second-order valence-corrected chi connectivity index (χ2v) is 11.8. The third-order valence-corrected chi connectivity index (χ3v) is 9.02. The summed E-state index contributed by atoms with van der Waals surface area (Å²) in [6.45, 7) is 2.24. The Labute approximate surface area is 241 Å². The number of aromatic nitrogens is 1. The minimum absolute atomic E-state index is 0.0621. The molecule has 2 aromatic carbocycles. The lowest BCUT2D eigenvalue weighted by molar-refractivity contribution is -0.143. The Morgan fingerprint density at radius 1 is 1.02 bits per heavy atom. The maximum Gasteiger partial charge on any atom is 0.306 e. The molecule has 0 spiro atoms. The highest BCUT2D eigenvalue weighted by Crippen LogP contribution is 2.40. The Hall–Kier alpha value is -3.16. The molecule has 1 aromatic heterocycles. The molecule has 40 heavy (non-hydrogen) atoms. The van der Waals surface area contributed by atoms with Crippen LogP contribution in [0.2, 0.25) is 5.02 Å². The molecular formula is C32H39ClN2O5. The topological polar surface area (TPSA) is 95.2 Å². The quantitative estimate of drug-likeness (QED) is 0.243. The molecule has 0 aliphatic heterocycles. The van der Waals surface area contributed by atoms with E-state index >= 15 is 0 Å². The van der Waals surface area contributed by atoms with E-state index in [1.807, 2.05) is 6.07 Å². The summed E-state index contributed by atoms with van der Waals surface area (Å²) in [4.78, 5) is 14.1. The molecule has 1 unspecified atom stereocenters. The van der Waals surface area contributed by atoms with Crippen LogP contribution in [0, 0.1) is 11.8 Å². The van der Waals surface area contributed by atoms with Gasteiger partial charge in [-0.2, -0.15) is 0 Å². The maximum atomic E-state index is 11.5. The molecule has 0 saturated heterocycles. The Bertz CT molecular complexity index is 1310. The van der Waals surface area contributed by atoms with Crippen LogP contribution in [0.15, 0.2) is 48.5 Å². The van der Waals surface area contributed by atoms with E-state index in [1.54, 1.807) is 7.11 Å². The number of benzene rings is 2. The first kappa shape index (κ1) is 28.4. The average molecular weight is 567 g/mol. The first-order chi connectivity index (χ1) is 19.3. The van der Waals surface area contributed by atoms with Gasteiger partial charge in [-0.15, -0.1) is 0 Å². The van der Waals surface area contributed by atoms with Crippen molar-refractivity contribution in [3.05, 3.63) is 75.8 Å². The number of carbonyl (C=O) groups is 1. The van der Waals surface area contributed by atoms with Crippen molar-refractivity contribution in [2.24, 2.45) is 11.8 Å². The standard InChI is InChI=1S/C32H39ClN2O5/c1-40-29-17-22(6-7-23(29)3-2-16-35-30(36)14-15-31(35)37)20-34(19-21-4-8-24(9-5-21)32(38)39)28-13-10-25-18-26(33)11-12-27(25)28/h6-7,11-12,14-15,17-18,21,24,28,36-37H,2-5,8-10,13,16,19-20H2,1H3,(H,38,39). The van der Waals surface area contributed by atoms with Gasteiger partial charge in [-0.05, 0) is 97.7 Å². The van der Waals surface area contributed by atoms with Crippen LogP contribution in [-0.4, -0.2) is 44.4 Å². The molecule has 1 atom stereocenters. The second-order valence-electron chi connectivity index (χ2n) is 11.3. The zero-order chi connectivity index (χ0) is 28.2. The van der Waals surface area contributed by atoms with Crippen molar-refractivity contribution < 1.29 is 24.9 Å². The van der Waals surface area contributed by atoms with E-state index in [0.717, 1.165) is 80.8 Å². The summed E-state index contributed by atoms with van der Waals surface area (Å²) < 4.78 is 7.28. The minimum Gasteiger partial charge on any atom is -0.496 e. The van der Waals surface area contributed by atoms with Crippen LogP contribution in [0.3, 0.4) is 0 Å². The van der Waals surface area contributed by atoms with Gasteiger partial charge in [-0.1, -0.05) is 29.8 Å². The number of hydrogen-bond acceptors (Lipinski definition) is 5. The summed E-state index contributed by atoms with van der Waals surface area (Å²) in [5.74, 6) is 0.583. The lowest BCUT2D eigenvalue weighted by Crippen LogP contribution is -2.34. The van der Waals surface area contributed by atoms with Gasteiger partial charge >= 0.3 is 5.97 Å². The first-order valence-corrected chi connectivity index (χ1v) is 14.7. The highest BCUT2D eigenvalue weighted by atomic mass is 35.5. The molecule has 3 aromatic rings. The van der Waals surface area contributed by atoms with E-state index in [-0.39, 0.29) is 17.7 Å². The second kappa shape index (κ2) is 12.6. The Morgan fingerprint density at radius 3 is 2.48 bits per heavy atom. The first-order valence-electron chi connectivity index (χ1n) is 14.3. The molecule has 2 aliphatic carbocycles. The molecule has 7 nitrogen and oxygen atoms in total. The van der Waals surface area contributed by atoms with Gasteiger partial charge in [0.25, 0.3) is 0 Å². The summed E-state index contributed by atoms with van der Waals surface area (Å²) in [7, 11) is 1.70. The molecule has 0 radical (unpaired) electrons. The lowest BCUT2D eigenvalue weighted by Gasteiger charge is -2.35. The largest absolute Gasteiger partial charge is 0.496 e. The predicted molar refractivity (Wildman–Crippen MR) is 155 cm³/mol. The number of fused-ring (bicyclic) bond motifs is 1. The van der Waals surface area contributed by atoms with E-state index < -0.39 is 5.97 Å². The van der Waals surface area contributed by atoms with Gasteiger partial charge in [-0.25, -0.2) is 0 Å². The Balaban J connectivity index is 1.31. The van der Waals surface area contributed by atoms with E-state index in [0.29, 0.717) is 18.5 Å². The van der Waals surface area contributed by atoms with E-state index in [1.165, 1.54) is 33.4 Å². The highest BCUT2D eigenvalue weighted by molar-refractivity contribution is 6.30. The zero-order valence-corrected chi connectivity index (χ0v) is 23.8. The fraction of sp³-hybridized carbons (Fsp3) is 0.469. The SMILES string of the molecule is COc1cc(CN(CC2CCC(C(=O)O)CC2)C2CCc3cc(Cl)ccc32)ccc1CCCn1c(O)ccc1O. The summed E-state index contributed by atoms with van der Waals surface area (Å²) in [6.07, 6.45) is 6.97. The number of hydrogen-bond donors (Lipinski definition) is 3. The lowest BCUT2D eigenvalue weighted by atomic mass is 9.81. The van der Waals surface area contributed by atoms with Gasteiger partial charge in [0.1, 0.15) is 5.75 Å². The van der Waals surface area contributed by atoms with Gasteiger partial charge in [0.15, 0.2) is 11.8 Å². The molecule has 0 bridgehead atoms. The fourth-order valence-electron chi connectivity index (χ4n) is 6.60. The predicted octanol–water partition coefficient (Wildman–Crippen LogP) is 6.57. The van der Waals surface area contributed by atoms with Crippen LogP contribution in [0.25, 0.3) is 0 Å². The molecule has 1 saturated carbocycles. The molecule has 1 fully saturated rings. The van der Waals surface area contributed by atoms with E-state index in [2.05, 4.69) is 35.2 Å². The number of carboxylic acid groups (broad SMARTS) is 1. The van der Waals surface area contributed by atoms with Crippen molar-refractivity contribution in [3.8, 4) is 17.5 Å². The molecule has 5 rings (SSSR count). The van der Waals surface area contributed by atoms with Crippen LogP contribution >= 0.6 is 11.6 Å². The summed E-state index contributed by atoms with van der Waals surface area (Å²) in [6, 6.07) is 16.0. The number of aryl methyl sites for hydroxylation is 2. The number of rotatable bonds is 11. The average Bonchev–Trinajstić information content (AvgIpc) is 3.51.